The van der Waals surface area contributed by atoms with Crippen LogP contribution in [0.1, 0.15) is 63.4 Å². The fraction of sp³-hybridized carbons (Fsp3) is 0.333. The molecule has 0 unspecified atom stereocenters. The van der Waals surface area contributed by atoms with Gasteiger partial charge in [0.1, 0.15) is 17.3 Å². The summed E-state index contributed by atoms with van der Waals surface area (Å²) in [7, 11) is -3.79. The van der Waals surface area contributed by atoms with E-state index in [1.807, 2.05) is 66.7 Å². The number of carbonyl (C=O) groups excluding carboxylic acids is 2. The van der Waals surface area contributed by atoms with Crippen molar-refractivity contribution in [3.05, 3.63) is 113 Å². The van der Waals surface area contributed by atoms with Crippen LogP contribution in [0.15, 0.2) is 108 Å². The number of hydrogen-bond acceptors (Lipinski definition) is 5. The molecule has 5 nitrogen and oxygen atoms in total. The molecule has 0 aromatic heterocycles. The molecule has 0 aliphatic heterocycles. The Morgan fingerprint density at radius 1 is 0.762 bits per heavy atom. The molecule has 0 amide bonds. The van der Waals surface area contributed by atoms with Crippen molar-refractivity contribution in [3.63, 3.8) is 0 Å². The molecule has 0 N–H and O–H groups in total. The fourth-order valence-corrected chi connectivity index (χ4v) is 9.55. The molecule has 7 rings (SSSR count). The van der Waals surface area contributed by atoms with Gasteiger partial charge in [0.25, 0.3) is 0 Å². The Labute approximate surface area is 247 Å². The third-order valence-corrected chi connectivity index (χ3v) is 11.8. The van der Waals surface area contributed by atoms with Gasteiger partial charge >= 0.3 is 7.60 Å². The summed E-state index contributed by atoms with van der Waals surface area (Å²) < 4.78 is 26.5. The van der Waals surface area contributed by atoms with Crippen LogP contribution in [0, 0.1) is 17.3 Å². The summed E-state index contributed by atoms with van der Waals surface area (Å²) in [6.07, 6.45) is 7.50. The largest absolute Gasteiger partial charge is 0.462 e. The van der Waals surface area contributed by atoms with E-state index < -0.39 is 7.60 Å². The molecule has 4 aliphatic carbocycles. The number of fused-ring (bicyclic) bond motifs is 4. The van der Waals surface area contributed by atoms with Gasteiger partial charge in [-0.25, -0.2) is 4.57 Å². The van der Waals surface area contributed by atoms with E-state index in [1.165, 1.54) is 16.7 Å². The highest BCUT2D eigenvalue weighted by atomic mass is 31.2. The summed E-state index contributed by atoms with van der Waals surface area (Å²) in [5, 5.41) is 0.470. The molecular weight excluding hydrogens is 543 g/mol. The highest BCUT2D eigenvalue weighted by Crippen LogP contribution is 2.62. The molecule has 42 heavy (non-hydrogen) atoms. The topological polar surface area (TPSA) is 69.7 Å². The molecule has 0 spiro atoms. The van der Waals surface area contributed by atoms with Gasteiger partial charge in [0.2, 0.25) is 0 Å². The Morgan fingerprint density at radius 3 is 2.05 bits per heavy atom. The Kier molecular flexibility index (Phi) is 6.82. The van der Waals surface area contributed by atoms with Gasteiger partial charge in [-0.2, -0.15) is 0 Å². The molecule has 0 radical (unpaired) electrons. The lowest BCUT2D eigenvalue weighted by Gasteiger charge is -2.50. The molecule has 0 bridgehead atoms. The van der Waals surface area contributed by atoms with Crippen molar-refractivity contribution in [2.75, 3.05) is 0 Å². The molecule has 214 valence electrons. The van der Waals surface area contributed by atoms with Gasteiger partial charge in [0.05, 0.1) is 5.30 Å². The van der Waals surface area contributed by atoms with Crippen molar-refractivity contribution in [3.8, 4) is 11.5 Å². The lowest BCUT2D eigenvalue weighted by Crippen LogP contribution is -2.43. The normalized spacial score (nSPS) is 27.1. The minimum atomic E-state index is -3.79. The Balaban J connectivity index is 1.29. The van der Waals surface area contributed by atoms with Crippen molar-refractivity contribution in [2.24, 2.45) is 17.3 Å². The zero-order valence-corrected chi connectivity index (χ0v) is 24.7. The van der Waals surface area contributed by atoms with E-state index in [0.717, 1.165) is 37.7 Å². The molecule has 0 heterocycles. The van der Waals surface area contributed by atoms with Crippen LogP contribution in [-0.4, -0.2) is 11.6 Å². The first-order valence-corrected chi connectivity index (χ1v) is 16.6. The summed E-state index contributed by atoms with van der Waals surface area (Å²) in [6, 6.07) is 26.0. The highest BCUT2D eigenvalue weighted by molar-refractivity contribution is 7.63. The van der Waals surface area contributed by atoms with E-state index in [9.17, 15) is 14.2 Å². The SMILES string of the molecule is C[C@]12C[C@H](c3ccc(P(=O)(Oc4ccccc4)Oc4ccccc4)cc3)C3=C4CCC(=O)C=C4CC[C@H]3[C@@H]1CCC2=O. The molecule has 3 aromatic carbocycles. The second-order valence-electron chi connectivity index (χ2n) is 12.4. The first-order chi connectivity index (χ1) is 20.3. The van der Waals surface area contributed by atoms with Gasteiger partial charge in [-0.15, -0.1) is 0 Å². The maximum atomic E-state index is 14.4. The van der Waals surface area contributed by atoms with Crippen molar-refractivity contribution in [1.82, 2.24) is 0 Å². The van der Waals surface area contributed by atoms with Crippen molar-refractivity contribution in [1.29, 1.82) is 0 Å². The smallest absolute Gasteiger partial charge is 0.413 e. The van der Waals surface area contributed by atoms with Crippen molar-refractivity contribution in [2.45, 2.75) is 57.8 Å². The van der Waals surface area contributed by atoms with E-state index in [2.05, 4.69) is 6.92 Å². The van der Waals surface area contributed by atoms with Gasteiger partial charge in [-0.05, 0) is 103 Å². The summed E-state index contributed by atoms with van der Waals surface area (Å²) in [5.41, 5.74) is 4.76. The zero-order chi connectivity index (χ0) is 28.9. The molecule has 2 saturated carbocycles. The quantitative estimate of drug-likeness (QED) is 0.276. The predicted octanol–water partition coefficient (Wildman–Crippen LogP) is 8.13. The van der Waals surface area contributed by atoms with Gasteiger partial charge < -0.3 is 9.05 Å². The number of rotatable bonds is 6. The Bertz CT molecular complexity index is 1590. The van der Waals surface area contributed by atoms with Crippen LogP contribution < -0.4 is 14.4 Å². The van der Waals surface area contributed by atoms with E-state index in [4.69, 9.17) is 9.05 Å². The first-order valence-electron chi connectivity index (χ1n) is 15.0. The van der Waals surface area contributed by atoms with E-state index in [-0.39, 0.29) is 17.1 Å². The average Bonchev–Trinajstić information content (AvgIpc) is 3.31. The minimum absolute atomic E-state index is 0.0729. The first kappa shape index (κ1) is 27.2. The van der Waals surface area contributed by atoms with Crippen LogP contribution in [0.4, 0.5) is 0 Å². The van der Waals surface area contributed by atoms with Crippen LogP contribution in [0.25, 0.3) is 0 Å². The number of Topliss-reactive ketones (excluding diaryl/α,β-unsaturated/α-hetero) is 1. The summed E-state index contributed by atoms with van der Waals surface area (Å²) >= 11 is 0. The van der Waals surface area contributed by atoms with Crippen molar-refractivity contribution < 1.29 is 23.2 Å². The van der Waals surface area contributed by atoms with E-state index >= 15 is 0 Å². The molecule has 0 saturated heterocycles. The minimum Gasteiger partial charge on any atom is -0.413 e. The van der Waals surface area contributed by atoms with Gasteiger partial charge in [0, 0.05) is 24.2 Å². The predicted molar refractivity (Wildman–Crippen MR) is 163 cm³/mol. The molecule has 4 aliphatic rings. The van der Waals surface area contributed by atoms with Crippen LogP contribution >= 0.6 is 7.60 Å². The lowest BCUT2D eigenvalue weighted by atomic mass is 9.53. The second kappa shape index (κ2) is 10.5. The number of allylic oxidation sites excluding steroid dienone is 4. The van der Waals surface area contributed by atoms with Gasteiger partial charge in [-0.3, -0.25) is 9.59 Å². The molecule has 3 aromatic rings. The molecule has 6 heteroatoms. The number of ketones is 2. The monoisotopic (exact) mass is 578 g/mol. The maximum Gasteiger partial charge on any atom is 0.462 e. The maximum absolute atomic E-state index is 14.4. The summed E-state index contributed by atoms with van der Waals surface area (Å²) in [6.45, 7) is 2.18. The van der Waals surface area contributed by atoms with Crippen LogP contribution in [0.3, 0.4) is 0 Å². The van der Waals surface area contributed by atoms with E-state index in [0.29, 0.717) is 47.3 Å². The third kappa shape index (κ3) is 4.68. The lowest BCUT2D eigenvalue weighted by molar-refractivity contribution is -0.128. The second-order valence-corrected chi connectivity index (χ2v) is 14.2. The summed E-state index contributed by atoms with van der Waals surface area (Å²) in [5.74, 6) is 2.33. The van der Waals surface area contributed by atoms with Crippen LogP contribution in [0.2, 0.25) is 0 Å². The fourth-order valence-electron chi connectivity index (χ4n) is 7.98. The van der Waals surface area contributed by atoms with Gasteiger partial charge in [-0.1, -0.05) is 61.0 Å². The number of hydrogen-bond donors (Lipinski definition) is 0. The molecule has 4 atom stereocenters. The third-order valence-electron chi connectivity index (χ3n) is 9.99. The van der Waals surface area contributed by atoms with Gasteiger partial charge in [0.15, 0.2) is 5.78 Å². The molecular formula is C36H35O5P. The van der Waals surface area contributed by atoms with Crippen molar-refractivity contribution >= 4 is 24.5 Å². The van der Waals surface area contributed by atoms with E-state index in [1.54, 1.807) is 24.3 Å². The molecule has 2 fully saturated rings. The highest BCUT2D eigenvalue weighted by Gasteiger charge is 2.56. The van der Waals surface area contributed by atoms with Crippen LogP contribution in [-0.2, 0) is 14.2 Å². The standard InChI is InChI=1S/C36H35O5P/c1-36-23-32(35-30-19-15-26(37)22-25(30)14-18-31(35)33(36)20-21-34(36)38)24-12-16-29(17-13-24)42(39,40-27-8-4-2-5-9-27)41-28-10-6-3-7-11-28/h2-13,16-17,22,31-33H,14-15,18-21,23H2,1H3/t31-,32+,33-,36-/m0/s1. The number of benzene rings is 3. The van der Waals surface area contributed by atoms with Crippen LogP contribution in [0.5, 0.6) is 11.5 Å². The zero-order valence-electron chi connectivity index (χ0n) is 23.8. The average molecular weight is 579 g/mol. The number of carbonyl (C=O) groups is 2. The number of para-hydroxylation sites is 2. The Morgan fingerprint density at radius 2 is 1.40 bits per heavy atom. The summed E-state index contributed by atoms with van der Waals surface area (Å²) in [4.78, 5) is 25.6. The Hall–Kier alpha value is -3.69.